The van der Waals surface area contributed by atoms with Crippen molar-refractivity contribution in [2.45, 2.75) is 6.42 Å². The first kappa shape index (κ1) is 13.7. The van der Waals surface area contributed by atoms with E-state index in [0.717, 1.165) is 24.4 Å². The van der Waals surface area contributed by atoms with Crippen LogP contribution in [0.15, 0.2) is 18.2 Å². The SMILES string of the molecule is CNC(=O)c1ccc(N)cc1NCCCSC. The van der Waals surface area contributed by atoms with Crippen LogP contribution in [-0.4, -0.2) is 31.5 Å². The number of anilines is 2. The predicted octanol–water partition coefficient (Wildman–Crippen LogP) is 1.79. The Morgan fingerprint density at radius 1 is 1.47 bits per heavy atom. The molecule has 0 spiro atoms. The number of amides is 1. The van der Waals surface area contributed by atoms with E-state index in [1.165, 1.54) is 0 Å². The molecule has 0 saturated carbocycles. The van der Waals surface area contributed by atoms with Crippen molar-refractivity contribution < 1.29 is 4.79 Å². The summed E-state index contributed by atoms with van der Waals surface area (Å²) < 4.78 is 0. The van der Waals surface area contributed by atoms with Crippen LogP contribution in [0.2, 0.25) is 0 Å². The highest BCUT2D eigenvalue weighted by atomic mass is 32.2. The number of hydrogen-bond acceptors (Lipinski definition) is 4. The van der Waals surface area contributed by atoms with Crippen molar-refractivity contribution in [3.8, 4) is 0 Å². The van der Waals surface area contributed by atoms with E-state index in [1.807, 2.05) is 11.8 Å². The summed E-state index contributed by atoms with van der Waals surface area (Å²) in [6, 6.07) is 5.27. The van der Waals surface area contributed by atoms with Crippen molar-refractivity contribution in [3.63, 3.8) is 0 Å². The smallest absolute Gasteiger partial charge is 0.253 e. The molecule has 17 heavy (non-hydrogen) atoms. The Morgan fingerprint density at radius 3 is 2.88 bits per heavy atom. The van der Waals surface area contributed by atoms with Crippen molar-refractivity contribution in [1.29, 1.82) is 0 Å². The van der Waals surface area contributed by atoms with Crippen molar-refractivity contribution in [2.75, 3.05) is 36.7 Å². The molecule has 0 aliphatic carbocycles. The van der Waals surface area contributed by atoms with Crippen LogP contribution in [0.5, 0.6) is 0 Å². The third-order valence-electron chi connectivity index (χ3n) is 2.36. The van der Waals surface area contributed by atoms with Gasteiger partial charge in [0, 0.05) is 25.0 Å². The van der Waals surface area contributed by atoms with Gasteiger partial charge in [0.05, 0.1) is 5.56 Å². The largest absolute Gasteiger partial charge is 0.399 e. The van der Waals surface area contributed by atoms with E-state index in [-0.39, 0.29) is 5.91 Å². The minimum absolute atomic E-state index is 0.0997. The zero-order chi connectivity index (χ0) is 12.7. The first-order chi connectivity index (χ1) is 8.19. The fraction of sp³-hybridized carbons (Fsp3) is 0.417. The Kier molecular flexibility index (Phi) is 5.69. The molecule has 0 aliphatic heterocycles. The van der Waals surface area contributed by atoms with E-state index in [0.29, 0.717) is 11.3 Å². The first-order valence-corrected chi connectivity index (χ1v) is 6.93. The fourth-order valence-corrected chi connectivity index (χ4v) is 1.91. The first-order valence-electron chi connectivity index (χ1n) is 5.53. The van der Waals surface area contributed by atoms with E-state index in [4.69, 9.17) is 5.73 Å². The minimum atomic E-state index is -0.0997. The van der Waals surface area contributed by atoms with Crippen LogP contribution in [-0.2, 0) is 0 Å². The Bertz CT molecular complexity index is 382. The zero-order valence-corrected chi connectivity index (χ0v) is 11.1. The van der Waals surface area contributed by atoms with Gasteiger partial charge >= 0.3 is 0 Å². The molecule has 94 valence electrons. The summed E-state index contributed by atoms with van der Waals surface area (Å²) in [6.07, 6.45) is 3.14. The van der Waals surface area contributed by atoms with Crippen LogP contribution in [0.25, 0.3) is 0 Å². The van der Waals surface area contributed by atoms with Crippen molar-refractivity contribution >= 4 is 29.0 Å². The monoisotopic (exact) mass is 253 g/mol. The topological polar surface area (TPSA) is 67.2 Å². The molecule has 0 saturated heterocycles. The summed E-state index contributed by atoms with van der Waals surface area (Å²) in [6.45, 7) is 0.842. The Balaban J connectivity index is 2.73. The Morgan fingerprint density at radius 2 is 2.24 bits per heavy atom. The third kappa shape index (κ3) is 4.19. The number of rotatable bonds is 6. The quantitative estimate of drug-likeness (QED) is 0.534. The van der Waals surface area contributed by atoms with Crippen molar-refractivity contribution in [2.24, 2.45) is 0 Å². The summed E-state index contributed by atoms with van der Waals surface area (Å²) >= 11 is 1.81. The van der Waals surface area contributed by atoms with Crippen LogP contribution >= 0.6 is 11.8 Å². The molecule has 0 fully saturated rings. The maximum atomic E-state index is 11.6. The van der Waals surface area contributed by atoms with Gasteiger partial charge in [-0.25, -0.2) is 0 Å². The van der Waals surface area contributed by atoms with Gasteiger partial charge in [0.2, 0.25) is 0 Å². The number of hydrogen-bond donors (Lipinski definition) is 3. The second kappa shape index (κ2) is 7.06. The van der Waals surface area contributed by atoms with Gasteiger partial charge in [0.25, 0.3) is 5.91 Å². The van der Waals surface area contributed by atoms with Crippen LogP contribution in [0, 0.1) is 0 Å². The molecule has 0 radical (unpaired) electrons. The van der Waals surface area contributed by atoms with Gasteiger partial charge in [-0.2, -0.15) is 11.8 Å². The molecule has 0 heterocycles. The average Bonchev–Trinajstić information content (AvgIpc) is 2.34. The molecule has 0 atom stereocenters. The molecule has 5 heteroatoms. The number of nitrogen functional groups attached to an aromatic ring is 1. The van der Waals surface area contributed by atoms with Crippen LogP contribution in [0.1, 0.15) is 16.8 Å². The number of benzene rings is 1. The average molecular weight is 253 g/mol. The summed E-state index contributed by atoms with van der Waals surface area (Å²) in [7, 11) is 1.62. The summed E-state index contributed by atoms with van der Waals surface area (Å²) in [5.41, 5.74) is 7.81. The molecule has 0 unspecified atom stereocenters. The lowest BCUT2D eigenvalue weighted by atomic mass is 10.1. The number of carbonyl (C=O) groups excluding carboxylic acids is 1. The number of nitrogens with two attached hydrogens (primary N) is 1. The molecule has 4 N–H and O–H groups in total. The van der Waals surface area contributed by atoms with Gasteiger partial charge in [-0.1, -0.05) is 0 Å². The standard InChI is InChI=1S/C12H19N3OS/c1-14-12(16)10-5-4-9(13)8-11(10)15-6-3-7-17-2/h4-5,8,15H,3,6-7,13H2,1-2H3,(H,14,16). The highest BCUT2D eigenvalue weighted by Gasteiger charge is 2.09. The third-order valence-corrected chi connectivity index (χ3v) is 3.05. The zero-order valence-electron chi connectivity index (χ0n) is 10.2. The molecule has 0 bridgehead atoms. The molecular formula is C12H19N3OS. The molecule has 1 rings (SSSR count). The van der Waals surface area contributed by atoms with Crippen LogP contribution in [0.3, 0.4) is 0 Å². The lowest BCUT2D eigenvalue weighted by molar-refractivity contribution is 0.0964. The molecule has 1 amide bonds. The molecule has 4 nitrogen and oxygen atoms in total. The van der Waals surface area contributed by atoms with Gasteiger partial charge in [0.15, 0.2) is 0 Å². The lowest BCUT2D eigenvalue weighted by Crippen LogP contribution is -2.20. The molecular weight excluding hydrogens is 234 g/mol. The Labute approximate surface area is 106 Å². The van der Waals surface area contributed by atoms with E-state index in [2.05, 4.69) is 16.9 Å². The normalized spacial score (nSPS) is 10.0. The second-order valence-electron chi connectivity index (χ2n) is 3.66. The van der Waals surface area contributed by atoms with Gasteiger partial charge in [-0.15, -0.1) is 0 Å². The lowest BCUT2D eigenvalue weighted by Gasteiger charge is -2.11. The van der Waals surface area contributed by atoms with Crippen molar-refractivity contribution in [1.82, 2.24) is 5.32 Å². The highest BCUT2D eigenvalue weighted by Crippen LogP contribution is 2.19. The second-order valence-corrected chi connectivity index (χ2v) is 4.64. The Hall–Kier alpha value is -1.36. The number of thioether (sulfide) groups is 1. The number of nitrogens with one attached hydrogen (secondary N) is 2. The molecule has 1 aromatic rings. The maximum absolute atomic E-state index is 11.6. The molecule has 0 aromatic heterocycles. The molecule has 1 aromatic carbocycles. The maximum Gasteiger partial charge on any atom is 0.253 e. The van der Waals surface area contributed by atoms with Gasteiger partial charge in [0.1, 0.15) is 0 Å². The highest BCUT2D eigenvalue weighted by molar-refractivity contribution is 7.98. The van der Waals surface area contributed by atoms with E-state index >= 15 is 0 Å². The summed E-state index contributed by atoms with van der Waals surface area (Å²) in [5, 5.41) is 5.87. The van der Waals surface area contributed by atoms with Crippen LogP contribution < -0.4 is 16.4 Å². The fourth-order valence-electron chi connectivity index (χ4n) is 1.48. The molecule has 0 aliphatic rings. The van der Waals surface area contributed by atoms with Gasteiger partial charge in [-0.05, 0) is 36.6 Å². The van der Waals surface area contributed by atoms with Gasteiger partial charge < -0.3 is 16.4 Å². The number of carbonyl (C=O) groups is 1. The predicted molar refractivity (Wildman–Crippen MR) is 75.7 cm³/mol. The van der Waals surface area contributed by atoms with E-state index in [1.54, 1.807) is 25.2 Å². The van der Waals surface area contributed by atoms with Gasteiger partial charge in [-0.3, -0.25) is 4.79 Å². The van der Waals surface area contributed by atoms with Crippen molar-refractivity contribution in [3.05, 3.63) is 23.8 Å². The summed E-state index contributed by atoms with van der Waals surface area (Å²) in [5.74, 6) is 1.00. The van der Waals surface area contributed by atoms with E-state index < -0.39 is 0 Å². The van der Waals surface area contributed by atoms with E-state index in [9.17, 15) is 4.79 Å². The van der Waals surface area contributed by atoms with Crippen LogP contribution in [0.4, 0.5) is 11.4 Å². The summed E-state index contributed by atoms with van der Waals surface area (Å²) in [4.78, 5) is 11.6. The minimum Gasteiger partial charge on any atom is -0.399 e.